The lowest BCUT2D eigenvalue weighted by Crippen LogP contribution is -2.03. The Morgan fingerprint density at radius 3 is 2.40 bits per heavy atom. The lowest BCUT2D eigenvalue weighted by atomic mass is 10.0. The van der Waals surface area contributed by atoms with Gasteiger partial charge in [-0.2, -0.15) is 0 Å². The zero-order valence-electron chi connectivity index (χ0n) is 11.1. The van der Waals surface area contributed by atoms with Crippen LogP contribution in [0.2, 0.25) is 10.0 Å². The van der Waals surface area contributed by atoms with Gasteiger partial charge in [-0.15, -0.1) is 0 Å². The van der Waals surface area contributed by atoms with Crippen molar-refractivity contribution in [1.29, 1.82) is 0 Å². The summed E-state index contributed by atoms with van der Waals surface area (Å²) in [4.78, 5) is 0. The van der Waals surface area contributed by atoms with E-state index in [-0.39, 0.29) is 0 Å². The minimum atomic E-state index is -0.673. The van der Waals surface area contributed by atoms with Gasteiger partial charge in [-0.05, 0) is 42.3 Å². The zero-order valence-corrected chi connectivity index (χ0v) is 12.7. The van der Waals surface area contributed by atoms with Gasteiger partial charge in [0.25, 0.3) is 0 Å². The third-order valence-corrected chi connectivity index (χ3v) is 3.72. The first-order valence-electron chi connectivity index (χ1n) is 6.45. The highest BCUT2D eigenvalue weighted by Gasteiger charge is 2.14. The van der Waals surface area contributed by atoms with Gasteiger partial charge in [0.2, 0.25) is 0 Å². The van der Waals surface area contributed by atoms with E-state index in [1.807, 2.05) is 31.2 Å². The first kappa shape index (κ1) is 15.2. The van der Waals surface area contributed by atoms with Gasteiger partial charge in [-0.25, -0.2) is 0 Å². The molecule has 0 spiro atoms. The van der Waals surface area contributed by atoms with Gasteiger partial charge in [0, 0.05) is 16.5 Å². The summed E-state index contributed by atoms with van der Waals surface area (Å²) in [5.74, 6) is 0.745. The van der Waals surface area contributed by atoms with Crippen LogP contribution < -0.4 is 4.74 Å². The first-order chi connectivity index (χ1) is 9.61. The Balaban J connectivity index is 2.19. The van der Waals surface area contributed by atoms with Crippen LogP contribution in [-0.4, -0.2) is 11.7 Å². The van der Waals surface area contributed by atoms with Crippen molar-refractivity contribution >= 4 is 23.2 Å². The highest BCUT2D eigenvalue weighted by Crippen LogP contribution is 2.30. The number of ether oxygens (including phenoxy) is 1. The molecule has 0 bridgehead atoms. The molecule has 1 unspecified atom stereocenters. The van der Waals surface area contributed by atoms with E-state index < -0.39 is 6.10 Å². The summed E-state index contributed by atoms with van der Waals surface area (Å²) in [6.07, 6.45) is -0.304. The first-order valence-corrected chi connectivity index (χ1v) is 7.21. The van der Waals surface area contributed by atoms with E-state index in [1.165, 1.54) is 0 Å². The molecule has 2 nitrogen and oxygen atoms in total. The third kappa shape index (κ3) is 3.66. The molecule has 0 aliphatic rings. The van der Waals surface area contributed by atoms with Gasteiger partial charge >= 0.3 is 0 Å². The van der Waals surface area contributed by atoms with Crippen molar-refractivity contribution in [1.82, 2.24) is 0 Å². The van der Waals surface area contributed by atoms with E-state index in [0.29, 0.717) is 23.1 Å². The second kappa shape index (κ2) is 6.98. The van der Waals surface area contributed by atoms with Gasteiger partial charge in [0.1, 0.15) is 5.75 Å². The normalized spacial score (nSPS) is 12.2. The molecule has 0 fully saturated rings. The number of hydrogen-bond donors (Lipinski definition) is 1. The van der Waals surface area contributed by atoms with Crippen LogP contribution in [0.25, 0.3) is 0 Å². The number of aliphatic hydroxyl groups excluding tert-OH is 1. The summed E-state index contributed by atoms with van der Waals surface area (Å²) >= 11 is 12.2. The summed E-state index contributed by atoms with van der Waals surface area (Å²) in [6.45, 7) is 2.52. The summed E-state index contributed by atoms with van der Waals surface area (Å²) in [7, 11) is 0. The molecule has 0 saturated carbocycles. The monoisotopic (exact) mass is 310 g/mol. The molecule has 2 aromatic carbocycles. The quantitative estimate of drug-likeness (QED) is 0.869. The third-order valence-electron chi connectivity index (χ3n) is 3.01. The summed E-state index contributed by atoms with van der Waals surface area (Å²) in [6, 6.07) is 12.7. The minimum Gasteiger partial charge on any atom is -0.494 e. The molecule has 0 aliphatic heterocycles. The lowest BCUT2D eigenvalue weighted by molar-refractivity contribution is 0.178. The maximum absolute atomic E-state index is 10.3. The molecule has 0 aromatic heterocycles. The Labute approximate surface area is 128 Å². The summed E-state index contributed by atoms with van der Waals surface area (Å²) < 4.78 is 5.43. The molecule has 2 aromatic rings. The van der Waals surface area contributed by atoms with Crippen LogP contribution in [0.5, 0.6) is 5.75 Å². The standard InChI is InChI=1S/C16H16Cl2O2/c1-2-20-12-6-3-5-11(9-12)16(19)10-13-14(17)7-4-8-15(13)18/h3-9,16,19H,2,10H2,1H3. The molecule has 1 N–H and O–H groups in total. The summed E-state index contributed by atoms with van der Waals surface area (Å²) in [5.41, 5.74) is 1.54. The molecule has 0 radical (unpaired) electrons. The average molecular weight is 311 g/mol. The van der Waals surface area contributed by atoms with Crippen LogP contribution in [-0.2, 0) is 6.42 Å². The molecule has 0 saturated heterocycles. The second-order valence-corrected chi connectivity index (χ2v) is 5.24. The van der Waals surface area contributed by atoms with Crippen molar-refractivity contribution in [3.63, 3.8) is 0 Å². The topological polar surface area (TPSA) is 29.5 Å². The van der Waals surface area contributed by atoms with Crippen LogP contribution in [0, 0.1) is 0 Å². The largest absolute Gasteiger partial charge is 0.494 e. The Morgan fingerprint density at radius 2 is 1.75 bits per heavy atom. The van der Waals surface area contributed by atoms with Crippen molar-refractivity contribution in [2.45, 2.75) is 19.4 Å². The lowest BCUT2D eigenvalue weighted by Gasteiger charge is -2.14. The molecule has 0 heterocycles. The number of halogens is 2. The minimum absolute atomic E-state index is 0.369. The van der Waals surface area contributed by atoms with Crippen molar-refractivity contribution in [2.75, 3.05) is 6.61 Å². The number of benzene rings is 2. The van der Waals surface area contributed by atoms with Crippen molar-refractivity contribution < 1.29 is 9.84 Å². The fourth-order valence-corrected chi connectivity index (χ4v) is 2.57. The maximum Gasteiger partial charge on any atom is 0.119 e. The Bertz CT molecular complexity index is 564. The molecular weight excluding hydrogens is 295 g/mol. The van der Waals surface area contributed by atoms with Gasteiger partial charge in [-0.1, -0.05) is 41.4 Å². The van der Waals surface area contributed by atoms with Crippen LogP contribution in [0.4, 0.5) is 0 Å². The fraction of sp³-hybridized carbons (Fsp3) is 0.250. The van der Waals surface area contributed by atoms with E-state index >= 15 is 0 Å². The molecule has 20 heavy (non-hydrogen) atoms. The van der Waals surface area contributed by atoms with Crippen LogP contribution in [0.15, 0.2) is 42.5 Å². The maximum atomic E-state index is 10.3. The van der Waals surface area contributed by atoms with Crippen LogP contribution in [0.3, 0.4) is 0 Å². The molecular formula is C16H16Cl2O2. The van der Waals surface area contributed by atoms with E-state index in [4.69, 9.17) is 27.9 Å². The smallest absolute Gasteiger partial charge is 0.119 e. The molecule has 0 amide bonds. The van der Waals surface area contributed by atoms with Gasteiger partial charge < -0.3 is 9.84 Å². The fourth-order valence-electron chi connectivity index (χ4n) is 2.02. The second-order valence-electron chi connectivity index (χ2n) is 4.43. The van der Waals surface area contributed by atoms with E-state index in [9.17, 15) is 5.11 Å². The average Bonchev–Trinajstić information content (AvgIpc) is 2.43. The number of rotatable bonds is 5. The molecule has 1 atom stereocenters. The number of aliphatic hydroxyl groups is 1. The van der Waals surface area contributed by atoms with Gasteiger partial charge in [-0.3, -0.25) is 0 Å². The molecule has 4 heteroatoms. The Hall–Kier alpha value is -1.22. The highest BCUT2D eigenvalue weighted by molar-refractivity contribution is 6.36. The Kier molecular flexibility index (Phi) is 5.30. The van der Waals surface area contributed by atoms with E-state index in [0.717, 1.165) is 16.9 Å². The SMILES string of the molecule is CCOc1cccc(C(O)Cc2c(Cl)cccc2Cl)c1. The van der Waals surface area contributed by atoms with E-state index in [1.54, 1.807) is 18.2 Å². The molecule has 106 valence electrons. The van der Waals surface area contributed by atoms with Gasteiger partial charge in [0.15, 0.2) is 0 Å². The van der Waals surface area contributed by atoms with Crippen LogP contribution in [0.1, 0.15) is 24.2 Å². The van der Waals surface area contributed by atoms with Gasteiger partial charge in [0.05, 0.1) is 12.7 Å². The van der Waals surface area contributed by atoms with Crippen molar-refractivity contribution in [3.8, 4) is 5.75 Å². The molecule has 2 rings (SSSR count). The van der Waals surface area contributed by atoms with Crippen molar-refractivity contribution in [3.05, 3.63) is 63.6 Å². The highest BCUT2D eigenvalue weighted by atomic mass is 35.5. The number of hydrogen-bond acceptors (Lipinski definition) is 2. The molecule has 0 aliphatic carbocycles. The van der Waals surface area contributed by atoms with E-state index in [2.05, 4.69) is 0 Å². The van der Waals surface area contributed by atoms with Crippen LogP contribution >= 0.6 is 23.2 Å². The summed E-state index contributed by atoms with van der Waals surface area (Å²) in [5, 5.41) is 11.5. The predicted octanol–water partition coefficient (Wildman–Crippen LogP) is 4.67. The predicted molar refractivity (Wildman–Crippen MR) is 82.7 cm³/mol. The van der Waals surface area contributed by atoms with Crippen molar-refractivity contribution in [2.24, 2.45) is 0 Å². The Morgan fingerprint density at radius 1 is 1.10 bits per heavy atom. The zero-order chi connectivity index (χ0) is 14.5.